The predicted molar refractivity (Wildman–Crippen MR) is 21.1 cm³/mol. The summed E-state index contributed by atoms with van der Waals surface area (Å²) in [6.45, 7) is -0.497. The summed E-state index contributed by atoms with van der Waals surface area (Å²) < 4.78 is 36.2. The molecule has 0 aromatic carbocycles. The second-order valence-electron chi connectivity index (χ2n) is 1.09. The third-order valence-electron chi connectivity index (χ3n) is 0.380. The van der Waals surface area contributed by atoms with Crippen LogP contribution in [0.25, 0.3) is 0 Å². The Labute approximate surface area is 44.6 Å². The molecule has 5 heteroatoms. The Morgan fingerprint density at radius 3 is 2.12 bits per heavy atom. The molecule has 0 atom stereocenters. The Bertz CT molecular complexity index is 62.0. The first-order chi connectivity index (χ1) is 3.56. The van der Waals surface area contributed by atoms with E-state index in [1.807, 2.05) is 0 Å². The Balaban J connectivity index is 3.11. The summed E-state index contributed by atoms with van der Waals surface area (Å²) in [4.78, 5) is 0. The number of alkyl halides is 3. The van der Waals surface area contributed by atoms with E-state index in [0.717, 1.165) is 0 Å². The molecule has 0 spiro atoms. The van der Waals surface area contributed by atoms with Gasteiger partial charge in [0.15, 0.2) is 0 Å². The Hall–Kier alpha value is -0.290. The highest BCUT2D eigenvalue weighted by atomic mass is 19.4. The molecule has 0 aliphatic heterocycles. The van der Waals surface area contributed by atoms with Gasteiger partial charge >= 0.3 is 6.36 Å². The van der Waals surface area contributed by atoms with Crippen molar-refractivity contribution in [3.63, 3.8) is 0 Å². The zero-order valence-corrected chi connectivity index (χ0v) is 4.25. The fourth-order valence-electron chi connectivity index (χ4n) is 0.154. The summed E-state index contributed by atoms with van der Waals surface area (Å²) in [5.74, 6) is 0. The van der Waals surface area contributed by atoms with Gasteiger partial charge in [0, 0.05) is 0 Å². The third-order valence-corrected chi connectivity index (χ3v) is 0.380. The number of rotatable bonds is 2. The van der Waals surface area contributed by atoms with Gasteiger partial charge in [0.05, 0.1) is 0 Å². The van der Waals surface area contributed by atoms with Gasteiger partial charge in [-0.3, -0.25) is 10.1 Å². The van der Waals surface area contributed by atoms with Crippen molar-refractivity contribution >= 4 is 0 Å². The van der Waals surface area contributed by atoms with Gasteiger partial charge in [-0.2, -0.15) is 0 Å². The smallest absolute Gasteiger partial charge is 0.298 e. The molecule has 0 saturated heterocycles. The molecular weight excluding hydrogens is 123 g/mol. The fraction of sp³-hybridized carbons (Fsp3) is 1.00. The Morgan fingerprint density at radius 1 is 1.50 bits per heavy atom. The summed E-state index contributed by atoms with van der Waals surface area (Å²) in [6, 6.07) is 0. The van der Waals surface area contributed by atoms with Crippen LogP contribution >= 0.6 is 0 Å². The molecule has 0 heterocycles. The van der Waals surface area contributed by atoms with Crippen molar-refractivity contribution in [3.8, 4) is 0 Å². The van der Waals surface area contributed by atoms with Crippen LogP contribution in [0, 0.1) is 0 Å². The maximum absolute atomic E-state index is 11.0. The van der Waals surface area contributed by atoms with Crippen LogP contribution in [0.4, 0.5) is 13.2 Å². The van der Waals surface area contributed by atoms with Crippen molar-refractivity contribution in [1.29, 1.82) is 0 Å². The lowest BCUT2D eigenvalue weighted by atomic mass is 11.1. The van der Waals surface area contributed by atoms with Gasteiger partial charge in [0.1, 0.15) is 6.73 Å². The van der Waals surface area contributed by atoms with E-state index in [0.29, 0.717) is 0 Å². The van der Waals surface area contributed by atoms with Crippen molar-refractivity contribution < 1.29 is 17.9 Å². The third kappa shape index (κ3) is 5.71. The van der Waals surface area contributed by atoms with E-state index in [-0.39, 0.29) is 0 Å². The molecule has 0 radical (unpaired) electrons. The second-order valence-corrected chi connectivity index (χ2v) is 1.09. The minimum Gasteiger partial charge on any atom is -0.298 e. The highest BCUT2D eigenvalue weighted by molar-refractivity contribution is 4.24. The zero-order chi connectivity index (χ0) is 6.62. The summed E-state index contributed by atoms with van der Waals surface area (Å²) in [5, 5.41) is 2.18. The molecular formula is C3H6F3NO. The van der Waals surface area contributed by atoms with E-state index in [2.05, 4.69) is 10.1 Å². The van der Waals surface area contributed by atoms with Gasteiger partial charge < -0.3 is 0 Å². The predicted octanol–water partition coefficient (Wildman–Crippen LogP) is 0.700. The van der Waals surface area contributed by atoms with E-state index < -0.39 is 13.1 Å². The largest absolute Gasteiger partial charge is 0.523 e. The first-order valence-corrected chi connectivity index (χ1v) is 1.91. The van der Waals surface area contributed by atoms with Crippen LogP contribution in [-0.4, -0.2) is 20.1 Å². The fourth-order valence-corrected chi connectivity index (χ4v) is 0.154. The molecule has 0 saturated carbocycles. The number of ether oxygens (including phenoxy) is 1. The summed E-state index contributed by atoms with van der Waals surface area (Å²) in [6.07, 6.45) is -4.51. The van der Waals surface area contributed by atoms with Crippen LogP contribution in [0.2, 0.25) is 0 Å². The minimum atomic E-state index is -4.51. The topological polar surface area (TPSA) is 21.3 Å². The molecule has 0 amide bonds. The molecule has 0 aliphatic rings. The number of hydrogen-bond donors (Lipinski definition) is 1. The Kier molecular flexibility index (Phi) is 2.78. The van der Waals surface area contributed by atoms with E-state index in [9.17, 15) is 13.2 Å². The van der Waals surface area contributed by atoms with Gasteiger partial charge in [-0.05, 0) is 7.05 Å². The van der Waals surface area contributed by atoms with Crippen LogP contribution in [0.5, 0.6) is 0 Å². The first-order valence-electron chi connectivity index (χ1n) is 1.91. The van der Waals surface area contributed by atoms with Gasteiger partial charge in [-0.15, -0.1) is 13.2 Å². The molecule has 2 nitrogen and oxygen atoms in total. The number of nitrogens with one attached hydrogen (secondary N) is 1. The van der Waals surface area contributed by atoms with Crippen LogP contribution in [-0.2, 0) is 4.74 Å². The van der Waals surface area contributed by atoms with Crippen LogP contribution in [0.3, 0.4) is 0 Å². The lowest BCUT2D eigenvalue weighted by Crippen LogP contribution is -2.21. The van der Waals surface area contributed by atoms with Crippen molar-refractivity contribution in [2.45, 2.75) is 6.36 Å². The van der Waals surface area contributed by atoms with Gasteiger partial charge in [0.2, 0.25) is 0 Å². The highest BCUT2D eigenvalue weighted by Gasteiger charge is 2.28. The van der Waals surface area contributed by atoms with Crippen molar-refractivity contribution in [1.82, 2.24) is 5.32 Å². The first kappa shape index (κ1) is 7.71. The molecule has 0 rings (SSSR count). The molecule has 1 N–H and O–H groups in total. The molecule has 50 valence electrons. The van der Waals surface area contributed by atoms with Crippen LogP contribution in [0.1, 0.15) is 0 Å². The SMILES string of the molecule is CNCOC(F)(F)F. The van der Waals surface area contributed by atoms with Crippen molar-refractivity contribution in [2.75, 3.05) is 13.8 Å². The lowest BCUT2D eigenvalue weighted by Gasteiger charge is -2.04. The lowest BCUT2D eigenvalue weighted by molar-refractivity contribution is -0.326. The quantitative estimate of drug-likeness (QED) is 0.554. The average Bonchev–Trinajstić information content (AvgIpc) is 1.59. The molecule has 0 aromatic heterocycles. The molecule has 0 aromatic rings. The minimum absolute atomic E-state index is 0.497. The van der Waals surface area contributed by atoms with Gasteiger partial charge in [-0.25, -0.2) is 0 Å². The molecule has 0 aliphatic carbocycles. The maximum atomic E-state index is 11.0. The summed E-state index contributed by atoms with van der Waals surface area (Å²) in [7, 11) is 1.37. The van der Waals surface area contributed by atoms with E-state index in [1.165, 1.54) is 7.05 Å². The van der Waals surface area contributed by atoms with E-state index >= 15 is 0 Å². The second kappa shape index (κ2) is 2.88. The maximum Gasteiger partial charge on any atom is 0.523 e. The normalized spacial score (nSPS) is 12.0. The van der Waals surface area contributed by atoms with Crippen molar-refractivity contribution in [2.24, 2.45) is 0 Å². The molecule has 8 heavy (non-hydrogen) atoms. The number of halogens is 3. The van der Waals surface area contributed by atoms with Gasteiger partial charge in [0.25, 0.3) is 0 Å². The standard InChI is InChI=1S/C3H6F3NO/c1-7-2-8-3(4,5)6/h7H,2H2,1H3. The highest BCUT2D eigenvalue weighted by Crippen LogP contribution is 2.14. The molecule has 0 bridgehead atoms. The van der Waals surface area contributed by atoms with Gasteiger partial charge in [-0.1, -0.05) is 0 Å². The van der Waals surface area contributed by atoms with Crippen LogP contribution in [0.15, 0.2) is 0 Å². The molecule has 0 unspecified atom stereocenters. The summed E-state index contributed by atoms with van der Waals surface area (Å²) in [5.41, 5.74) is 0. The zero-order valence-electron chi connectivity index (χ0n) is 4.25. The monoisotopic (exact) mass is 129 g/mol. The van der Waals surface area contributed by atoms with Crippen molar-refractivity contribution in [3.05, 3.63) is 0 Å². The Morgan fingerprint density at radius 2 is 2.00 bits per heavy atom. The summed E-state index contributed by atoms with van der Waals surface area (Å²) >= 11 is 0. The number of hydrogen-bond acceptors (Lipinski definition) is 2. The molecule has 0 fully saturated rings. The van der Waals surface area contributed by atoms with E-state index in [4.69, 9.17) is 0 Å². The average molecular weight is 129 g/mol. The van der Waals surface area contributed by atoms with E-state index in [1.54, 1.807) is 0 Å². The van der Waals surface area contributed by atoms with Crippen LogP contribution < -0.4 is 5.32 Å².